The van der Waals surface area contributed by atoms with Crippen molar-refractivity contribution < 1.29 is 13.9 Å². The van der Waals surface area contributed by atoms with Crippen LogP contribution in [0.2, 0.25) is 5.02 Å². The number of nitriles is 1. The van der Waals surface area contributed by atoms with Gasteiger partial charge in [-0.25, -0.2) is 4.39 Å². The van der Waals surface area contributed by atoms with Crippen molar-refractivity contribution in [3.05, 3.63) is 112 Å². The van der Waals surface area contributed by atoms with Crippen LogP contribution in [0.1, 0.15) is 59.6 Å². The van der Waals surface area contributed by atoms with Crippen molar-refractivity contribution in [1.29, 1.82) is 5.26 Å². The van der Waals surface area contributed by atoms with Crippen molar-refractivity contribution in [2.24, 2.45) is 0 Å². The van der Waals surface area contributed by atoms with Gasteiger partial charge < -0.3 is 19.7 Å². The third-order valence-corrected chi connectivity index (χ3v) is 8.15. The maximum absolute atomic E-state index is 14.7. The molecule has 0 saturated heterocycles. The van der Waals surface area contributed by atoms with Crippen LogP contribution < -0.4 is 14.8 Å². The van der Waals surface area contributed by atoms with E-state index in [9.17, 15) is 9.65 Å². The van der Waals surface area contributed by atoms with E-state index >= 15 is 0 Å². The Balaban J connectivity index is 1.34. The standard InChI is InChI=1S/C36H38ClFN4O2/c1-42(2)16-7-3-6-15-40-23-27-18-32(37)36(19-35(27)43-24-26-17-25(20-39)21-41-22-26)44-34-14-13-29-28(10-8-11-31(29)34)30-9-4-5-12-33(30)38/h4-5,8-12,17-19,21-22,34,40H,3,6-7,13-16,23-24H2,1-2H3. The van der Waals surface area contributed by atoms with Crippen molar-refractivity contribution in [1.82, 2.24) is 15.2 Å². The fraction of sp³-hybridized carbons (Fsp3) is 0.333. The first-order valence-electron chi connectivity index (χ1n) is 15.1. The first-order valence-corrected chi connectivity index (χ1v) is 15.5. The number of hydrogen-bond acceptors (Lipinski definition) is 6. The number of benzene rings is 3. The van der Waals surface area contributed by atoms with E-state index in [4.69, 9.17) is 21.1 Å². The quantitative estimate of drug-likeness (QED) is 0.146. The molecule has 0 saturated carbocycles. The lowest BCUT2D eigenvalue weighted by Gasteiger charge is -2.20. The minimum Gasteiger partial charge on any atom is -0.488 e. The molecule has 1 aliphatic rings. The zero-order valence-electron chi connectivity index (χ0n) is 25.3. The maximum atomic E-state index is 14.7. The van der Waals surface area contributed by atoms with E-state index in [-0.39, 0.29) is 18.5 Å². The van der Waals surface area contributed by atoms with Gasteiger partial charge in [0.05, 0.1) is 10.6 Å². The average Bonchev–Trinajstić information content (AvgIpc) is 3.44. The Bertz CT molecular complexity index is 1620. The smallest absolute Gasteiger partial charge is 0.142 e. The number of pyridine rings is 1. The van der Waals surface area contributed by atoms with Crippen LogP contribution in [0, 0.1) is 17.1 Å². The van der Waals surface area contributed by atoms with E-state index < -0.39 is 0 Å². The molecule has 0 radical (unpaired) electrons. The molecule has 0 fully saturated rings. The van der Waals surface area contributed by atoms with Gasteiger partial charge in [-0.05, 0) is 87.8 Å². The zero-order chi connectivity index (χ0) is 30.9. The normalized spacial score (nSPS) is 14.0. The molecule has 0 aliphatic heterocycles. The molecular weight excluding hydrogens is 575 g/mol. The van der Waals surface area contributed by atoms with Crippen LogP contribution in [0.3, 0.4) is 0 Å². The average molecular weight is 613 g/mol. The molecule has 1 aliphatic carbocycles. The summed E-state index contributed by atoms with van der Waals surface area (Å²) in [5, 5.41) is 13.3. The lowest BCUT2D eigenvalue weighted by Crippen LogP contribution is -2.17. The highest BCUT2D eigenvalue weighted by atomic mass is 35.5. The Labute approximate surface area is 264 Å². The molecule has 0 amide bonds. The third kappa shape index (κ3) is 7.95. The number of rotatable bonds is 14. The summed E-state index contributed by atoms with van der Waals surface area (Å²) < 4.78 is 27.5. The molecule has 0 bridgehead atoms. The second-order valence-corrected chi connectivity index (χ2v) is 11.8. The molecule has 44 heavy (non-hydrogen) atoms. The molecule has 1 heterocycles. The zero-order valence-corrected chi connectivity index (χ0v) is 26.0. The topological polar surface area (TPSA) is 70.4 Å². The van der Waals surface area contributed by atoms with Gasteiger partial charge in [0.1, 0.15) is 36.1 Å². The fourth-order valence-corrected chi connectivity index (χ4v) is 5.86. The number of unbranched alkanes of at least 4 members (excludes halogenated alkanes) is 2. The monoisotopic (exact) mass is 612 g/mol. The highest BCUT2D eigenvalue weighted by molar-refractivity contribution is 6.32. The minimum absolute atomic E-state index is 0.218. The molecule has 228 valence electrons. The van der Waals surface area contributed by atoms with Crippen LogP contribution in [-0.2, 0) is 19.6 Å². The van der Waals surface area contributed by atoms with Gasteiger partial charge in [0.25, 0.3) is 0 Å². The Morgan fingerprint density at radius 3 is 2.68 bits per heavy atom. The Morgan fingerprint density at radius 2 is 1.86 bits per heavy atom. The fourth-order valence-electron chi connectivity index (χ4n) is 5.63. The van der Waals surface area contributed by atoms with Gasteiger partial charge in [-0.15, -0.1) is 0 Å². The second kappa shape index (κ2) is 15.2. The van der Waals surface area contributed by atoms with E-state index in [1.54, 1.807) is 18.3 Å². The number of halogens is 2. The summed E-state index contributed by atoms with van der Waals surface area (Å²) in [6.45, 7) is 2.82. The molecule has 1 N–H and O–H groups in total. The molecule has 6 nitrogen and oxygen atoms in total. The highest BCUT2D eigenvalue weighted by Gasteiger charge is 2.28. The van der Waals surface area contributed by atoms with E-state index in [1.165, 1.54) is 18.7 Å². The van der Waals surface area contributed by atoms with Crippen molar-refractivity contribution in [3.63, 3.8) is 0 Å². The number of ether oxygens (including phenoxy) is 2. The van der Waals surface area contributed by atoms with Gasteiger partial charge in [0, 0.05) is 41.7 Å². The molecule has 0 spiro atoms. The summed E-state index contributed by atoms with van der Waals surface area (Å²) in [6, 6.07) is 20.5. The molecule has 4 aromatic rings. The molecule has 1 unspecified atom stereocenters. The predicted octanol–water partition coefficient (Wildman–Crippen LogP) is 7.88. The summed E-state index contributed by atoms with van der Waals surface area (Å²) >= 11 is 6.81. The van der Waals surface area contributed by atoms with Crippen LogP contribution in [-0.4, -0.2) is 37.1 Å². The van der Waals surface area contributed by atoms with Crippen LogP contribution in [0.25, 0.3) is 11.1 Å². The second-order valence-electron chi connectivity index (χ2n) is 11.4. The number of aromatic nitrogens is 1. The van der Waals surface area contributed by atoms with Gasteiger partial charge in [0.2, 0.25) is 0 Å². The summed E-state index contributed by atoms with van der Waals surface area (Å²) in [5.74, 6) is 0.959. The van der Waals surface area contributed by atoms with E-state index in [2.05, 4.69) is 41.4 Å². The van der Waals surface area contributed by atoms with Gasteiger partial charge in [0.15, 0.2) is 0 Å². The summed E-state index contributed by atoms with van der Waals surface area (Å²) in [6.07, 6.45) is 7.97. The van der Waals surface area contributed by atoms with Crippen LogP contribution >= 0.6 is 11.6 Å². The first kappa shape index (κ1) is 31.5. The largest absolute Gasteiger partial charge is 0.488 e. The Hall–Kier alpha value is -3.96. The molecule has 1 atom stereocenters. The van der Waals surface area contributed by atoms with Crippen molar-refractivity contribution in [2.75, 3.05) is 27.2 Å². The minimum atomic E-state index is -0.233. The van der Waals surface area contributed by atoms with Gasteiger partial charge in [-0.1, -0.05) is 54.4 Å². The Morgan fingerprint density at radius 1 is 1.02 bits per heavy atom. The molecule has 8 heteroatoms. The van der Waals surface area contributed by atoms with Crippen LogP contribution in [0.5, 0.6) is 11.5 Å². The highest BCUT2D eigenvalue weighted by Crippen LogP contribution is 2.43. The number of nitrogens with zero attached hydrogens (tertiary/aromatic N) is 3. The first-order chi connectivity index (χ1) is 21.4. The molecule has 3 aromatic carbocycles. The van der Waals surface area contributed by atoms with E-state index in [1.807, 2.05) is 36.4 Å². The lowest BCUT2D eigenvalue weighted by atomic mass is 9.96. The lowest BCUT2D eigenvalue weighted by molar-refractivity contribution is 0.206. The van der Waals surface area contributed by atoms with Gasteiger partial charge in [-0.2, -0.15) is 5.26 Å². The number of fused-ring (bicyclic) bond motifs is 1. The van der Waals surface area contributed by atoms with Crippen molar-refractivity contribution >= 4 is 11.6 Å². The summed E-state index contributed by atoms with van der Waals surface area (Å²) in [7, 11) is 4.19. The van der Waals surface area contributed by atoms with Crippen LogP contribution in [0.4, 0.5) is 4.39 Å². The van der Waals surface area contributed by atoms with Crippen molar-refractivity contribution in [2.45, 2.75) is 51.4 Å². The molecular formula is C36H38ClFN4O2. The van der Waals surface area contributed by atoms with E-state index in [0.717, 1.165) is 66.6 Å². The van der Waals surface area contributed by atoms with E-state index in [0.29, 0.717) is 34.2 Å². The number of nitrogens with one attached hydrogen (secondary N) is 1. The SMILES string of the molecule is CN(C)CCCCCNCc1cc(Cl)c(OC2CCc3c(-c4ccccc4F)cccc32)cc1OCc1cncc(C#N)c1. The Kier molecular flexibility index (Phi) is 10.8. The van der Waals surface area contributed by atoms with Gasteiger partial charge >= 0.3 is 0 Å². The van der Waals surface area contributed by atoms with Gasteiger partial charge in [-0.3, -0.25) is 4.98 Å². The third-order valence-electron chi connectivity index (χ3n) is 7.86. The molecule has 5 rings (SSSR count). The number of hydrogen-bond donors (Lipinski definition) is 1. The predicted molar refractivity (Wildman–Crippen MR) is 172 cm³/mol. The maximum Gasteiger partial charge on any atom is 0.142 e. The molecule has 1 aromatic heterocycles. The summed E-state index contributed by atoms with van der Waals surface area (Å²) in [5.41, 5.74) is 5.86. The van der Waals surface area contributed by atoms with Crippen LogP contribution in [0.15, 0.2) is 73.1 Å². The van der Waals surface area contributed by atoms with Crippen molar-refractivity contribution in [3.8, 4) is 28.7 Å². The summed E-state index contributed by atoms with van der Waals surface area (Å²) in [4.78, 5) is 6.36.